The van der Waals surface area contributed by atoms with Crippen LogP contribution in [-0.2, 0) is 48.6 Å². The Morgan fingerprint density at radius 1 is 0.762 bits per heavy atom. The number of nitrogens with zero attached hydrogens (tertiary/aromatic N) is 4. The van der Waals surface area contributed by atoms with Crippen molar-refractivity contribution in [3.63, 3.8) is 0 Å². The molecule has 4 unspecified atom stereocenters. The van der Waals surface area contributed by atoms with Crippen LogP contribution in [0.4, 0.5) is 8.78 Å². The van der Waals surface area contributed by atoms with Crippen molar-refractivity contribution in [1.82, 2.24) is 30.0 Å². The van der Waals surface area contributed by atoms with E-state index in [1.807, 2.05) is 5.38 Å². The second kappa shape index (κ2) is 21.4. The van der Waals surface area contributed by atoms with Gasteiger partial charge in [0.05, 0.1) is 62.3 Å². The molecule has 3 aliphatic heterocycles. The van der Waals surface area contributed by atoms with E-state index in [4.69, 9.17) is 57.2 Å². The summed E-state index contributed by atoms with van der Waals surface area (Å²) in [5, 5.41) is 30.2. The number of hydrogen-bond donors (Lipinski definition) is 6. The van der Waals surface area contributed by atoms with Gasteiger partial charge in [0.25, 0.3) is 0 Å². The summed E-state index contributed by atoms with van der Waals surface area (Å²) in [5.74, 6) is -2.82. The lowest BCUT2D eigenvalue weighted by Gasteiger charge is -2.71. The molecule has 5 heterocycles. The summed E-state index contributed by atoms with van der Waals surface area (Å²) in [5.41, 5.74) is 0.0892. The van der Waals surface area contributed by atoms with Gasteiger partial charge in [-0.15, -0.1) is 22.7 Å². The van der Waals surface area contributed by atoms with E-state index in [9.17, 15) is 40.3 Å². The molecule has 4 aromatic rings. The van der Waals surface area contributed by atoms with E-state index in [0.717, 1.165) is 38.2 Å². The number of allylic oxidation sites excluding steroid dienone is 2. The minimum absolute atomic E-state index is 0.0964. The fourth-order valence-corrected chi connectivity index (χ4v) is 17.9. The number of aliphatic imine (C=N–C) groups is 2. The smallest absolute Gasteiger partial charge is 0.338 e. The Balaban J connectivity index is 0.000000171. The third kappa shape index (κ3) is 10.8. The fourth-order valence-electron chi connectivity index (χ4n) is 13.0. The summed E-state index contributed by atoms with van der Waals surface area (Å²) in [4.78, 5) is 44.7. The van der Waals surface area contributed by atoms with E-state index in [1.54, 1.807) is 17.8 Å². The van der Waals surface area contributed by atoms with Crippen LogP contribution in [-0.4, -0.2) is 129 Å². The molecule has 14 rings (SSSR count). The third-order valence-electron chi connectivity index (χ3n) is 16.1. The highest BCUT2D eigenvalue weighted by atomic mass is 35.5. The van der Waals surface area contributed by atoms with Crippen molar-refractivity contribution in [2.75, 3.05) is 38.9 Å². The highest BCUT2D eigenvalue weighted by molar-refractivity contribution is 7.89. The molecule has 2 aromatic carbocycles. The van der Waals surface area contributed by atoms with Crippen LogP contribution in [0.1, 0.15) is 104 Å². The number of sulfonamides is 2. The van der Waals surface area contributed by atoms with E-state index in [1.165, 1.54) is 67.2 Å². The van der Waals surface area contributed by atoms with Gasteiger partial charge in [0.15, 0.2) is 27.5 Å². The molecule has 20 nitrogen and oxygen atoms in total. The predicted octanol–water partition coefficient (Wildman–Crippen LogP) is 6.02. The topological polar surface area (TPSA) is 278 Å². The van der Waals surface area contributed by atoms with Crippen LogP contribution in [0.15, 0.2) is 92.1 Å². The van der Waals surface area contributed by atoms with E-state index < -0.39 is 108 Å². The number of halogens is 4. The Morgan fingerprint density at radius 2 is 1.23 bits per heavy atom. The first-order valence-electron chi connectivity index (χ1n) is 25.7. The van der Waals surface area contributed by atoms with Crippen molar-refractivity contribution in [3.8, 4) is 0 Å². The zero-order chi connectivity index (χ0) is 56.6. The number of amidine groups is 2. The average molecular weight is 1220 g/mol. The molecule has 1 saturated heterocycles. The maximum absolute atomic E-state index is 14.0. The third-order valence-corrected chi connectivity index (χ3v) is 21.4. The second-order valence-electron chi connectivity index (χ2n) is 21.9. The van der Waals surface area contributed by atoms with Gasteiger partial charge in [0.2, 0.25) is 20.0 Å². The summed E-state index contributed by atoms with van der Waals surface area (Å²) in [7, 11) is -4.98. The van der Waals surface area contributed by atoms with Crippen molar-refractivity contribution < 1.29 is 64.4 Å². The van der Waals surface area contributed by atoms with Crippen molar-refractivity contribution in [1.29, 1.82) is 0 Å². The molecule has 1 spiro atoms. The number of rotatable bonds is 17. The van der Waals surface area contributed by atoms with Crippen LogP contribution in [0.25, 0.3) is 0 Å². The summed E-state index contributed by atoms with van der Waals surface area (Å²) < 4.78 is 107. The maximum Gasteiger partial charge on any atom is 0.338 e. The number of thiazole rings is 2. The number of hydrogen-bond acceptors (Lipinski definition) is 20. The monoisotopic (exact) mass is 1220 g/mol. The summed E-state index contributed by atoms with van der Waals surface area (Å²) in [6.07, 6.45) is 8.80. The Morgan fingerprint density at radius 3 is 1.64 bits per heavy atom. The molecule has 428 valence electrons. The summed E-state index contributed by atoms with van der Waals surface area (Å²) in [6, 6.07) is 6.06. The molecule has 4 bridgehead atoms. The average Bonchev–Trinajstić information content (AvgIpc) is 4.34. The van der Waals surface area contributed by atoms with Gasteiger partial charge in [-0.2, -0.15) is 0 Å². The number of esters is 2. The van der Waals surface area contributed by atoms with Gasteiger partial charge in [-0.1, -0.05) is 41.8 Å². The molecule has 28 heteroatoms. The molecular weight excluding hydrogens is 1170 g/mol. The lowest BCUT2D eigenvalue weighted by molar-refractivity contribution is -0.185. The van der Waals surface area contributed by atoms with E-state index in [0.29, 0.717) is 82.7 Å². The van der Waals surface area contributed by atoms with Crippen molar-refractivity contribution in [2.24, 2.45) is 20.8 Å². The molecule has 8 fully saturated rings. The quantitative estimate of drug-likeness (QED) is 0.0660. The molecular formula is C52H56Cl2F2N8O12S4. The zero-order valence-corrected chi connectivity index (χ0v) is 47.9. The molecule has 0 radical (unpaired) electrons. The minimum Gasteiger partial charge on any atom is -0.466 e. The van der Waals surface area contributed by atoms with Crippen LogP contribution < -0.4 is 20.1 Å². The van der Waals surface area contributed by atoms with Crippen LogP contribution in [0.2, 0.25) is 10.0 Å². The molecule has 80 heavy (non-hydrogen) atoms. The van der Waals surface area contributed by atoms with Crippen LogP contribution in [0, 0.1) is 22.5 Å². The van der Waals surface area contributed by atoms with Crippen LogP contribution in [0.5, 0.6) is 0 Å². The maximum atomic E-state index is 14.0. The van der Waals surface area contributed by atoms with E-state index in [2.05, 4.69) is 30.0 Å². The number of aliphatic hydroxyl groups is 2. The first kappa shape index (κ1) is 57.0. The molecule has 0 amide bonds. The SMILES string of the molecule is COC(=O)C1=C(C23CC(NS(=O)(=O)CC(O)CO)(C2)C3)NC(c2nccs2)=NC1c1ccc(F)cc1Cl.COC(=O)C1=C(C23CC(NS(=O)(=O)CC4COC5(CCCCC5)O4)(C2)C3)NC(c2nccs2)=NC1c1ccc(F)cc1Cl. The van der Waals surface area contributed by atoms with E-state index in [-0.39, 0.29) is 33.6 Å². The summed E-state index contributed by atoms with van der Waals surface area (Å²) >= 11 is 15.6. The lowest BCUT2D eigenvalue weighted by atomic mass is 9.38. The van der Waals surface area contributed by atoms with Crippen molar-refractivity contribution >= 4 is 89.5 Å². The molecule has 7 saturated carbocycles. The van der Waals surface area contributed by atoms with Gasteiger partial charge in [-0.3, -0.25) is 9.98 Å². The minimum atomic E-state index is -3.85. The number of methoxy groups -OCH3 is 2. The Kier molecular flexibility index (Phi) is 15.3. The van der Waals surface area contributed by atoms with Gasteiger partial charge >= 0.3 is 11.9 Å². The van der Waals surface area contributed by atoms with Gasteiger partial charge in [0.1, 0.15) is 23.7 Å². The number of ether oxygens (including phenoxy) is 4. The van der Waals surface area contributed by atoms with Crippen LogP contribution in [0.3, 0.4) is 0 Å². The molecule has 4 atom stereocenters. The molecule has 2 aromatic heterocycles. The predicted molar refractivity (Wildman–Crippen MR) is 292 cm³/mol. The number of nitrogens with one attached hydrogen (secondary N) is 4. The van der Waals surface area contributed by atoms with E-state index >= 15 is 0 Å². The van der Waals surface area contributed by atoms with Crippen LogP contribution >= 0.6 is 45.9 Å². The van der Waals surface area contributed by atoms with Crippen molar-refractivity contribution in [2.45, 2.75) is 112 Å². The Labute approximate surface area is 477 Å². The number of benzene rings is 2. The molecule has 10 aliphatic rings. The Bertz CT molecular complexity index is 3450. The first-order valence-corrected chi connectivity index (χ1v) is 31.6. The van der Waals surface area contributed by atoms with Gasteiger partial charge in [-0.05, 0) is 75.6 Å². The van der Waals surface area contributed by atoms with Gasteiger partial charge < -0.3 is 39.8 Å². The van der Waals surface area contributed by atoms with Gasteiger partial charge in [-0.25, -0.2) is 54.6 Å². The Hall–Kier alpha value is -4.84. The largest absolute Gasteiger partial charge is 0.466 e. The van der Waals surface area contributed by atoms with Crippen molar-refractivity contribution in [3.05, 3.63) is 125 Å². The van der Waals surface area contributed by atoms with Gasteiger partial charge in [0, 0.05) is 90.5 Å². The number of aromatic nitrogens is 2. The molecule has 7 aliphatic carbocycles. The number of carbonyl (C=O) groups is 2. The normalized spacial score (nSPS) is 29.5. The number of carbonyl (C=O) groups excluding carboxylic acids is 2. The fraction of sp³-hybridized carbons (Fsp3) is 0.500. The number of aliphatic hydroxyl groups excluding tert-OH is 2. The zero-order valence-electron chi connectivity index (χ0n) is 43.1. The highest BCUT2D eigenvalue weighted by Gasteiger charge is 2.73. The first-order chi connectivity index (χ1) is 38.0. The second-order valence-corrected chi connectivity index (χ2v) is 28.0. The summed E-state index contributed by atoms with van der Waals surface area (Å²) in [6.45, 7) is -0.396. The highest BCUT2D eigenvalue weighted by Crippen LogP contribution is 2.72. The standard InChI is InChI=1S/C29H32ClFN4O6S2.C23H24ClFN4O6S2/c1-39-26(36)21-22(19-6-5-17(31)11-20(19)30)33-24(25-32-9-10-42-25)34-23(21)27-14-28(15-27,16-27)35-43(37,38)13-18-12-40-29(41-18)7-3-2-4-8-29;1-35-21(32)16-17(14-3-2-12(25)6-15(14)24)27-19(20-26-4-5-36-20)28-18(16)22-9-23(10-22,11-22)29-37(33,34)8-13(31)7-30/h5-6,9-11,18,22,35H,2-4,7-8,12-16H2,1H3,(H,33,34);2-6,13,17,29-31H,7-11H2,1H3,(H,27,28). The lowest BCUT2D eigenvalue weighted by Crippen LogP contribution is -2.76. The molecule has 6 N–H and O–H groups in total.